The Balaban J connectivity index is 1.68. The Bertz CT molecular complexity index is 689. The van der Waals surface area contributed by atoms with Gasteiger partial charge >= 0.3 is 5.97 Å². The Hall–Kier alpha value is -2.13. The van der Waals surface area contributed by atoms with Crippen LogP contribution in [0.4, 0.5) is 0 Å². The average Bonchev–Trinajstić information content (AvgIpc) is 3.26. The summed E-state index contributed by atoms with van der Waals surface area (Å²) in [6.45, 7) is 0. The van der Waals surface area contributed by atoms with E-state index in [-0.39, 0.29) is 11.6 Å². The molecular weight excluding hydrogens is 288 g/mol. The van der Waals surface area contributed by atoms with Crippen LogP contribution in [0.1, 0.15) is 37.7 Å². The minimum atomic E-state index is -0.940. The van der Waals surface area contributed by atoms with Crippen molar-refractivity contribution < 1.29 is 14.3 Å². The van der Waals surface area contributed by atoms with E-state index in [9.17, 15) is 4.79 Å². The lowest BCUT2D eigenvalue weighted by atomic mass is 9.77. The highest BCUT2D eigenvalue weighted by Gasteiger charge is 2.76. The van der Waals surface area contributed by atoms with Gasteiger partial charge in [0.2, 0.25) is 5.60 Å². The molecule has 23 heavy (non-hydrogen) atoms. The molecule has 4 rings (SSSR count). The molecule has 0 aromatic heterocycles. The van der Waals surface area contributed by atoms with E-state index in [1.807, 2.05) is 48.5 Å². The first kappa shape index (κ1) is 14.5. The van der Waals surface area contributed by atoms with Crippen molar-refractivity contribution in [1.82, 2.24) is 0 Å². The molecule has 1 atom stereocenters. The lowest BCUT2D eigenvalue weighted by Crippen LogP contribution is -2.36. The van der Waals surface area contributed by atoms with Crippen LogP contribution >= 0.6 is 0 Å². The molecule has 0 bridgehead atoms. The summed E-state index contributed by atoms with van der Waals surface area (Å²) in [7, 11) is 0. The second-order valence-corrected chi connectivity index (χ2v) is 6.41. The molecule has 1 unspecified atom stereocenters. The number of rotatable bonds is 3. The van der Waals surface area contributed by atoms with Gasteiger partial charge in [0.05, 0.1) is 0 Å². The normalized spacial score (nSPS) is 25.0. The minimum absolute atomic E-state index is 0.295. The molecule has 118 valence electrons. The zero-order valence-corrected chi connectivity index (χ0v) is 13.0. The maximum absolute atomic E-state index is 13.0. The van der Waals surface area contributed by atoms with E-state index >= 15 is 0 Å². The summed E-state index contributed by atoms with van der Waals surface area (Å²) in [6.07, 6.45) is 5.27. The Morgan fingerprint density at radius 1 is 0.870 bits per heavy atom. The number of hydrogen-bond donors (Lipinski definition) is 0. The largest absolute Gasteiger partial charge is 0.424 e. The van der Waals surface area contributed by atoms with Gasteiger partial charge in [-0.2, -0.15) is 0 Å². The number of ether oxygens (including phenoxy) is 2. The molecule has 2 fully saturated rings. The van der Waals surface area contributed by atoms with Crippen molar-refractivity contribution >= 4 is 5.97 Å². The standard InChI is InChI=1S/C20H20O3/c21-18(22-17-12-6-2-7-13-17)20(16-10-4-1-5-11-16)19(23-20)14-8-3-9-15-19/h1-2,4-7,10-13H,3,8-9,14-15H2. The van der Waals surface area contributed by atoms with Gasteiger partial charge < -0.3 is 9.47 Å². The first-order chi connectivity index (χ1) is 11.3. The fourth-order valence-electron chi connectivity index (χ4n) is 3.85. The van der Waals surface area contributed by atoms with Crippen LogP contribution in [0.3, 0.4) is 0 Å². The zero-order chi connectivity index (χ0) is 15.8. The number of carbonyl (C=O) groups is 1. The van der Waals surface area contributed by atoms with E-state index < -0.39 is 5.60 Å². The highest BCUT2D eigenvalue weighted by atomic mass is 16.7. The molecule has 1 spiro atoms. The number of benzene rings is 2. The topological polar surface area (TPSA) is 38.8 Å². The second kappa shape index (κ2) is 5.50. The molecule has 1 heterocycles. The van der Waals surface area contributed by atoms with Gasteiger partial charge in [-0.25, -0.2) is 4.79 Å². The van der Waals surface area contributed by atoms with Crippen LogP contribution in [0.25, 0.3) is 0 Å². The molecule has 0 amide bonds. The van der Waals surface area contributed by atoms with E-state index in [0.717, 1.165) is 31.2 Å². The lowest BCUT2D eigenvalue weighted by Gasteiger charge is -2.23. The molecule has 1 aliphatic heterocycles. The second-order valence-electron chi connectivity index (χ2n) is 6.41. The summed E-state index contributed by atoms with van der Waals surface area (Å²) < 4.78 is 11.8. The predicted molar refractivity (Wildman–Crippen MR) is 87.1 cm³/mol. The van der Waals surface area contributed by atoms with E-state index in [1.165, 1.54) is 6.42 Å². The van der Waals surface area contributed by atoms with Crippen molar-refractivity contribution in [3.05, 3.63) is 66.2 Å². The SMILES string of the molecule is O=C(Oc1ccccc1)C1(c2ccccc2)OC12CCCCC2. The van der Waals surface area contributed by atoms with Gasteiger partial charge in [0.25, 0.3) is 0 Å². The number of carbonyl (C=O) groups excluding carboxylic acids is 1. The molecule has 0 radical (unpaired) electrons. The van der Waals surface area contributed by atoms with Gasteiger partial charge in [-0.15, -0.1) is 0 Å². The van der Waals surface area contributed by atoms with E-state index in [0.29, 0.717) is 5.75 Å². The van der Waals surface area contributed by atoms with Crippen molar-refractivity contribution in [1.29, 1.82) is 0 Å². The van der Waals surface area contributed by atoms with Crippen LogP contribution in [0.2, 0.25) is 0 Å². The zero-order valence-electron chi connectivity index (χ0n) is 13.0. The first-order valence-electron chi connectivity index (χ1n) is 8.30. The Morgan fingerprint density at radius 2 is 1.48 bits per heavy atom. The van der Waals surface area contributed by atoms with Crippen LogP contribution in [-0.4, -0.2) is 11.6 Å². The molecule has 2 aliphatic rings. The number of hydrogen-bond acceptors (Lipinski definition) is 3. The molecule has 3 heteroatoms. The molecule has 1 saturated heterocycles. The monoisotopic (exact) mass is 308 g/mol. The van der Waals surface area contributed by atoms with Crippen LogP contribution in [-0.2, 0) is 15.1 Å². The molecule has 0 N–H and O–H groups in total. The number of para-hydroxylation sites is 1. The van der Waals surface area contributed by atoms with Crippen molar-refractivity contribution in [2.45, 2.75) is 43.3 Å². The maximum Gasteiger partial charge on any atom is 0.351 e. The van der Waals surface area contributed by atoms with Crippen molar-refractivity contribution in [2.24, 2.45) is 0 Å². The highest BCUT2D eigenvalue weighted by molar-refractivity contribution is 5.88. The van der Waals surface area contributed by atoms with Crippen molar-refractivity contribution in [3.8, 4) is 5.75 Å². The first-order valence-corrected chi connectivity index (χ1v) is 8.30. The summed E-state index contributed by atoms with van der Waals surface area (Å²) in [4.78, 5) is 13.0. The number of epoxide rings is 1. The van der Waals surface area contributed by atoms with Gasteiger partial charge in [0, 0.05) is 0 Å². The Labute approximate surface area is 136 Å². The van der Waals surface area contributed by atoms with Crippen LogP contribution in [0, 0.1) is 0 Å². The van der Waals surface area contributed by atoms with E-state index in [2.05, 4.69) is 0 Å². The van der Waals surface area contributed by atoms with Crippen molar-refractivity contribution in [3.63, 3.8) is 0 Å². The third-order valence-corrected chi connectivity index (χ3v) is 5.03. The van der Waals surface area contributed by atoms with Gasteiger partial charge in [-0.1, -0.05) is 67.8 Å². The predicted octanol–water partition coefficient (Wildman–Crippen LogP) is 4.22. The third-order valence-electron chi connectivity index (χ3n) is 5.03. The highest BCUT2D eigenvalue weighted by Crippen LogP contribution is 2.63. The smallest absolute Gasteiger partial charge is 0.351 e. The van der Waals surface area contributed by atoms with Gasteiger partial charge in [-0.05, 0) is 30.5 Å². The molecule has 1 aliphatic carbocycles. The molecule has 1 saturated carbocycles. The third kappa shape index (κ3) is 2.27. The molecular formula is C20H20O3. The van der Waals surface area contributed by atoms with Crippen molar-refractivity contribution in [2.75, 3.05) is 0 Å². The summed E-state index contributed by atoms with van der Waals surface area (Å²) in [5, 5.41) is 0. The van der Waals surface area contributed by atoms with E-state index in [1.54, 1.807) is 12.1 Å². The Kier molecular flexibility index (Phi) is 3.46. The summed E-state index contributed by atoms with van der Waals surface area (Å²) in [5.41, 5.74) is -0.411. The summed E-state index contributed by atoms with van der Waals surface area (Å²) in [6, 6.07) is 19.0. The summed E-state index contributed by atoms with van der Waals surface area (Å²) >= 11 is 0. The number of esters is 1. The van der Waals surface area contributed by atoms with Crippen LogP contribution < -0.4 is 4.74 Å². The quantitative estimate of drug-likeness (QED) is 0.484. The summed E-state index contributed by atoms with van der Waals surface area (Å²) in [5.74, 6) is 0.270. The van der Waals surface area contributed by atoms with Gasteiger partial charge in [0.1, 0.15) is 11.4 Å². The van der Waals surface area contributed by atoms with Crippen LogP contribution in [0.15, 0.2) is 60.7 Å². The maximum atomic E-state index is 13.0. The van der Waals surface area contributed by atoms with Crippen LogP contribution in [0.5, 0.6) is 5.75 Å². The fourth-order valence-corrected chi connectivity index (χ4v) is 3.85. The van der Waals surface area contributed by atoms with E-state index in [4.69, 9.17) is 9.47 Å². The fraction of sp³-hybridized carbons (Fsp3) is 0.350. The Morgan fingerprint density at radius 3 is 2.13 bits per heavy atom. The van der Waals surface area contributed by atoms with Gasteiger partial charge in [-0.3, -0.25) is 0 Å². The minimum Gasteiger partial charge on any atom is -0.424 e. The average molecular weight is 308 g/mol. The van der Waals surface area contributed by atoms with Gasteiger partial charge in [0.15, 0.2) is 0 Å². The molecule has 3 nitrogen and oxygen atoms in total. The molecule has 2 aromatic carbocycles. The molecule has 2 aromatic rings. The lowest BCUT2D eigenvalue weighted by molar-refractivity contribution is -0.140.